The van der Waals surface area contributed by atoms with Crippen LogP contribution < -0.4 is 0 Å². The van der Waals surface area contributed by atoms with Gasteiger partial charge >= 0.3 is 0 Å². The molecule has 0 fully saturated rings. The molecular formula is C44H28N2. The van der Waals surface area contributed by atoms with Crippen LogP contribution in [0.4, 0.5) is 0 Å². The Kier molecular flexibility index (Phi) is 5.31. The van der Waals surface area contributed by atoms with E-state index >= 15 is 0 Å². The van der Waals surface area contributed by atoms with Crippen LogP contribution in [-0.2, 0) is 0 Å². The van der Waals surface area contributed by atoms with E-state index in [9.17, 15) is 0 Å². The summed E-state index contributed by atoms with van der Waals surface area (Å²) < 4.78 is 4.90. The molecule has 0 unspecified atom stereocenters. The van der Waals surface area contributed by atoms with Gasteiger partial charge in [0.05, 0.1) is 22.1 Å². The van der Waals surface area contributed by atoms with Crippen LogP contribution >= 0.6 is 0 Å². The van der Waals surface area contributed by atoms with E-state index in [1.165, 1.54) is 76.3 Å². The van der Waals surface area contributed by atoms with Gasteiger partial charge in [0, 0.05) is 38.5 Å². The van der Waals surface area contributed by atoms with Gasteiger partial charge in [0.1, 0.15) is 0 Å². The molecule has 46 heavy (non-hydrogen) atoms. The number of aromatic nitrogens is 2. The maximum atomic E-state index is 2.49. The number of hydrogen-bond acceptors (Lipinski definition) is 0. The van der Waals surface area contributed by atoms with Crippen molar-refractivity contribution in [2.24, 2.45) is 0 Å². The lowest BCUT2D eigenvalue weighted by Crippen LogP contribution is -1.98. The molecule has 0 N–H and O–H groups in total. The molecule has 2 heteroatoms. The largest absolute Gasteiger partial charge is 0.309 e. The molecule has 0 amide bonds. The Morgan fingerprint density at radius 3 is 1.72 bits per heavy atom. The summed E-state index contributed by atoms with van der Waals surface area (Å²) in [6.45, 7) is 0. The van der Waals surface area contributed by atoms with Gasteiger partial charge in [-0.05, 0) is 75.6 Å². The van der Waals surface area contributed by atoms with Gasteiger partial charge in [0.2, 0.25) is 0 Å². The molecule has 0 radical (unpaired) electrons. The number of fused-ring (bicyclic) bond motifs is 8. The Balaban J connectivity index is 1.37. The van der Waals surface area contributed by atoms with Gasteiger partial charge in [-0.2, -0.15) is 0 Å². The zero-order valence-corrected chi connectivity index (χ0v) is 25.1. The van der Waals surface area contributed by atoms with Crippen molar-refractivity contribution in [3.63, 3.8) is 0 Å². The first-order chi connectivity index (χ1) is 22.8. The van der Waals surface area contributed by atoms with Crippen LogP contribution in [0.3, 0.4) is 0 Å². The zero-order chi connectivity index (χ0) is 30.2. The molecule has 10 aromatic rings. The number of hydrogen-bond donors (Lipinski definition) is 0. The van der Waals surface area contributed by atoms with Gasteiger partial charge in [-0.25, -0.2) is 0 Å². The van der Waals surface area contributed by atoms with Crippen LogP contribution in [0.5, 0.6) is 0 Å². The number of nitrogens with zero attached hydrogens (tertiary/aromatic N) is 2. The fraction of sp³-hybridized carbons (Fsp3) is 0. The first kappa shape index (κ1) is 25.2. The second-order valence-electron chi connectivity index (χ2n) is 12.2. The summed E-state index contributed by atoms with van der Waals surface area (Å²) in [5.41, 5.74) is 9.65. The molecule has 0 spiro atoms. The van der Waals surface area contributed by atoms with Crippen molar-refractivity contribution in [2.45, 2.75) is 0 Å². The third kappa shape index (κ3) is 3.59. The molecule has 10 rings (SSSR count). The van der Waals surface area contributed by atoms with Crippen molar-refractivity contribution in [2.75, 3.05) is 0 Å². The first-order valence-corrected chi connectivity index (χ1v) is 15.9. The van der Waals surface area contributed by atoms with Crippen molar-refractivity contribution in [3.05, 3.63) is 170 Å². The Labute approximate surface area is 266 Å². The monoisotopic (exact) mass is 584 g/mol. The molecule has 0 aliphatic heterocycles. The summed E-state index contributed by atoms with van der Waals surface area (Å²) >= 11 is 0. The molecule has 2 nitrogen and oxygen atoms in total. The summed E-state index contributed by atoms with van der Waals surface area (Å²) in [5.74, 6) is 0. The highest BCUT2D eigenvalue weighted by molar-refractivity contribution is 6.21. The van der Waals surface area contributed by atoms with Crippen molar-refractivity contribution in [1.29, 1.82) is 0 Å². The lowest BCUT2D eigenvalue weighted by molar-refractivity contribution is 1.16. The highest BCUT2D eigenvalue weighted by Crippen LogP contribution is 2.44. The van der Waals surface area contributed by atoms with Crippen molar-refractivity contribution in [3.8, 4) is 22.5 Å². The lowest BCUT2D eigenvalue weighted by atomic mass is 9.93. The molecule has 0 saturated carbocycles. The van der Waals surface area contributed by atoms with Crippen LogP contribution in [0, 0.1) is 0 Å². The van der Waals surface area contributed by atoms with E-state index < -0.39 is 0 Å². The minimum Gasteiger partial charge on any atom is -0.309 e. The van der Waals surface area contributed by atoms with E-state index in [4.69, 9.17) is 0 Å². The molecule has 0 bridgehead atoms. The van der Waals surface area contributed by atoms with Crippen LogP contribution in [0.2, 0.25) is 0 Å². The summed E-state index contributed by atoms with van der Waals surface area (Å²) in [5, 5.41) is 10.0. The average molecular weight is 585 g/mol. The van der Waals surface area contributed by atoms with Gasteiger partial charge in [0.25, 0.3) is 0 Å². The maximum Gasteiger partial charge on any atom is 0.0625 e. The third-order valence-corrected chi connectivity index (χ3v) is 9.65. The van der Waals surface area contributed by atoms with Crippen molar-refractivity contribution < 1.29 is 0 Å². The standard InChI is InChI=1S/C44H28N2/c1-2-15-33(16-3-1)45-40-20-10-8-18-36(40)38-25-24-34(28-42(38)45)46-41-21-11-9-19-37(41)39-27-31-14-6-7-17-35(31)43(44(39)46)32-23-22-29-12-4-5-13-30(29)26-32/h1-28H. The second-order valence-corrected chi connectivity index (χ2v) is 12.2. The summed E-state index contributed by atoms with van der Waals surface area (Å²) in [4.78, 5) is 0. The van der Waals surface area contributed by atoms with Gasteiger partial charge in [-0.15, -0.1) is 0 Å². The number of benzene rings is 8. The molecular weight excluding hydrogens is 556 g/mol. The number of para-hydroxylation sites is 3. The topological polar surface area (TPSA) is 9.86 Å². The minimum atomic E-state index is 1.15. The highest BCUT2D eigenvalue weighted by atomic mass is 15.0. The molecule has 2 heterocycles. The second kappa shape index (κ2) is 9.69. The van der Waals surface area contributed by atoms with Gasteiger partial charge in [-0.1, -0.05) is 121 Å². The molecule has 0 atom stereocenters. The summed E-state index contributed by atoms with van der Waals surface area (Å²) in [6.07, 6.45) is 0. The van der Waals surface area contributed by atoms with Gasteiger partial charge < -0.3 is 9.13 Å². The van der Waals surface area contributed by atoms with Crippen LogP contribution in [0.25, 0.3) is 87.7 Å². The van der Waals surface area contributed by atoms with Gasteiger partial charge in [0.15, 0.2) is 0 Å². The van der Waals surface area contributed by atoms with Crippen LogP contribution in [0.1, 0.15) is 0 Å². The van der Waals surface area contributed by atoms with E-state index in [1.807, 2.05) is 0 Å². The summed E-state index contributed by atoms with van der Waals surface area (Å²) in [7, 11) is 0. The lowest BCUT2D eigenvalue weighted by Gasteiger charge is -2.16. The third-order valence-electron chi connectivity index (χ3n) is 9.65. The molecule has 0 saturated heterocycles. The van der Waals surface area contributed by atoms with Crippen LogP contribution in [-0.4, -0.2) is 9.13 Å². The van der Waals surface area contributed by atoms with Crippen molar-refractivity contribution >= 4 is 65.2 Å². The zero-order valence-electron chi connectivity index (χ0n) is 25.1. The fourth-order valence-electron chi connectivity index (χ4n) is 7.65. The SMILES string of the molecule is c1ccc(-n2c3ccccc3c3ccc(-n4c5ccccc5c5cc6ccccc6c(-c6ccc7ccccc7c6)c54)cc32)cc1. The Morgan fingerprint density at radius 1 is 0.304 bits per heavy atom. The van der Waals surface area contributed by atoms with E-state index in [0.717, 1.165) is 11.4 Å². The van der Waals surface area contributed by atoms with E-state index in [-0.39, 0.29) is 0 Å². The average Bonchev–Trinajstić information content (AvgIpc) is 3.63. The Bertz CT molecular complexity index is 2800. The highest BCUT2D eigenvalue weighted by Gasteiger charge is 2.21. The predicted octanol–water partition coefficient (Wildman–Crippen LogP) is 11.9. The first-order valence-electron chi connectivity index (χ1n) is 15.9. The van der Waals surface area contributed by atoms with E-state index in [0.29, 0.717) is 0 Å². The minimum absolute atomic E-state index is 1.15. The molecule has 8 aromatic carbocycles. The maximum absolute atomic E-state index is 2.49. The molecule has 214 valence electrons. The molecule has 2 aromatic heterocycles. The fourth-order valence-corrected chi connectivity index (χ4v) is 7.65. The van der Waals surface area contributed by atoms with E-state index in [1.54, 1.807) is 0 Å². The smallest absolute Gasteiger partial charge is 0.0625 e. The summed E-state index contributed by atoms with van der Waals surface area (Å²) in [6, 6.07) is 62.1. The quantitative estimate of drug-likeness (QED) is 0.195. The molecule has 0 aliphatic carbocycles. The van der Waals surface area contributed by atoms with Gasteiger partial charge in [-0.3, -0.25) is 0 Å². The van der Waals surface area contributed by atoms with Crippen molar-refractivity contribution in [1.82, 2.24) is 9.13 Å². The normalized spacial score (nSPS) is 11.9. The Hall–Kier alpha value is -6.12. The Morgan fingerprint density at radius 2 is 0.913 bits per heavy atom. The van der Waals surface area contributed by atoms with E-state index in [2.05, 4.69) is 179 Å². The predicted molar refractivity (Wildman–Crippen MR) is 196 cm³/mol. The van der Waals surface area contributed by atoms with Crippen LogP contribution in [0.15, 0.2) is 170 Å². The molecule has 0 aliphatic rings. The number of rotatable bonds is 3.